The third kappa shape index (κ3) is 2.46. The van der Waals surface area contributed by atoms with Crippen LogP contribution in [0.4, 0.5) is 0 Å². The van der Waals surface area contributed by atoms with Gasteiger partial charge in [0.2, 0.25) is 0 Å². The normalized spacial score (nSPS) is 15.1. The van der Waals surface area contributed by atoms with E-state index >= 15 is 0 Å². The largest absolute Gasteiger partial charge is 0.544 e. The van der Waals surface area contributed by atoms with E-state index in [2.05, 4.69) is 0 Å². The molecule has 0 aromatic carbocycles. The number of carboxylic acids is 1. The summed E-state index contributed by atoms with van der Waals surface area (Å²) in [6.45, 7) is 1.63. The first-order valence-corrected chi connectivity index (χ1v) is 2.87. The molecule has 0 rings (SSSR count). The Balaban J connectivity index is 4.04. The minimum atomic E-state index is -0.998. The van der Waals surface area contributed by atoms with Crippen molar-refractivity contribution in [3.63, 3.8) is 0 Å². The van der Waals surface area contributed by atoms with Crippen LogP contribution in [-0.2, 0) is 4.79 Å². The van der Waals surface area contributed by atoms with Gasteiger partial charge in [0.1, 0.15) is 6.04 Å². The van der Waals surface area contributed by atoms with Crippen LogP contribution >= 0.6 is 0 Å². The molecule has 0 aromatic rings. The Labute approximate surface area is 55.5 Å². The third-order valence-electron chi connectivity index (χ3n) is 1.50. The van der Waals surface area contributed by atoms with Crippen molar-refractivity contribution in [2.75, 3.05) is 21.1 Å². The molecule has 0 spiro atoms. The molecule has 3 nitrogen and oxygen atoms in total. The third-order valence-corrected chi connectivity index (χ3v) is 1.50. The van der Waals surface area contributed by atoms with E-state index in [1.165, 1.54) is 0 Å². The van der Waals surface area contributed by atoms with Gasteiger partial charge in [-0.25, -0.2) is 0 Å². The number of quaternary nitrogens is 1. The number of carbonyl (C=O) groups is 1. The lowest BCUT2D eigenvalue weighted by Crippen LogP contribution is -2.53. The lowest BCUT2D eigenvalue weighted by atomic mass is 10.3. The predicted molar refractivity (Wildman–Crippen MR) is 32.5 cm³/mol. The monoisotopic (exact) mass is 131 g/mol. The SMILES string of the molecule is C[C@H](C(=O)[O-])[N+](C)(C)C. The Kier molecular flexibility index (Phi) is 2.20. The topological polar surface area (TPSA) is 40.1 Å². The molecule has 0 bridgehead atoms. The number of rotatable bonds is 2. The second kappa shape index (κ2) is 2.35. The van der Waals surface area contributed by atoms with Crippen LogP contribution in [0.2, 0.25) is 0 Å². The van der Waals surface area contributed by atoms with Gasteiger partial charge in [-0.1, -0.05) is 0 Å². The van der Waals surface area contributed by atoms with Crippen LogP contribution in [0.25, 0.3) is 0 Å². The summed E-state index contributed by atoms with van der Waals surface area (Å²) in [5.74, 6) is -0.998. The van der Waals surface area contributed by atoms with E-state index in [4.69, 9.17) is 0 Å². The first kappa shape index (κ1) is 8.43. The van der Waals surface area contributed by atoms with Crippen molar-refractivity contribution in [3.05, 3.63) is 0 Å². The van der Waals surface area contributed by atoms with Gasteiger partial charge >= 0.3 is 0 Å². The Hall–Kier alpha value is -0.570. The summed E-state index contributed by atoms with van der Waals surface area (Å²) in [6.07, 6.45) is 0. The molecule has 0 aliphatic heterocycles. The summed E-state index contributed by atoms with van der Waals surface area (Å²) in [4.78, 5) is 10.2. The van der Waals surface area contributed by atoms with Gasteiger partial charge in [-0.3, -0.25) is 0 Å². The molecule has 0 amide bonds. The molecule has 0 saturated carbocycles. The summed E-state index contributed by atoms with van der Waals surface area (Å²) in [7, 11) is 5.46. The molecular formula is C6H13NO2. The van der Waals surface area contributed by atoms with E-state index < -0.39 is 12.0 Å². The number of hydrogen-bond acceptors (Lipinski definition) is 2. The number of carbonyl (C=O) groups excluding carboxylic acids is 1. The Bertz CT molecular complexity index is 115. The fourth-order valence-electron chi connectivity index (χ4n) is 0.316. The van der Waals surface area contributed by atoms with E-state index in [9.17, 15) is 9.90 Å². The average molecular weight is 131 g/mol. The minimum absolute atomic E-state index is 0.405. The van der Waals surface area contributed by atoms with Crippen LogP contribution < -0.4 is 5.11 Å². The molecule has 0 aliphatic rings. The molecule has 0 fully saturated rings. The molecule has 1 atom stereocenters. The molecule has 0 aromatic heterocycles. The predicted octanol–water partition coefficient (Wildman–Crippen LogP) is -1.17. The van der Waals surface area contributed by atoms with Gasteiger partial charge in [-0.15, -0.1) is 0 Å². The van der Waals surface area contributed by atoms with Crippen molar-refractivity contribution >= 4 is 5.97 Å². The van der Waals surface area contributed by atoms with Gasteiger partial charge in [0, 0.05) is 0 Å². The maximum atomic E-state index is 10.2. The first-order valence-electron chi connectivity index (χ1n) is 2.87. The maximum Gasteiger partial charge on any atom is 0.126 e. The van der Waals surface area contributed by atoms with Crippen molar-refractivity contribution in [2.45, 2.75) is 13.0 Å². The second-order valence-electron chi connectivity index (χ2n) is 3.11. The number of hydrogen-bond donors (Lipinski definition) is 0. The van der Waals surface area contributed by atoms with Gasteiger partial charge < -0.3 is 14.4 Å². The van der Waals surface area contributed by atoms with Gasteiger partial charge in [-0.2, -0.15) is 0 Å². The van der Waals surface area contributed by atoms with Crippen molar-refractivity contribution < 1.29 is 14.4 Å². The molecule has 0 N–H and O–H groups in total. The fourth-order valence-corrected chi connectivity index (χ4v) is 0.316. The summed E-state index contributed by atoms with van der Waals surface area (Å²) in [5, 5.41) is 10.2. The summed E-state index contributed by atoms with van der Waals surface area (Å²) in [6, 6.07) is -0.440. The highest BCUT2D eigenvalue weighted by molar-refractivity contribution is 5.69. The lowest BCUT2D eigenvalue weighted by molar-refractivity contribution is -0.887. The zero-order valence-corrected chi connectivity index (χ0v) is 6.34. The number of aliphatic carboxylic acids is 1. The van der Waals surface area contributed by atoms with E-state index in [0.29, 0.717) is 4.48 Å². The average Bonchev–Trinajstić information content (AvgIpc) is 1.62. The van der Waals surface area contributed by atoms with Crippen LogP contribution in [0.3, 0.4) is 0 Å². The molecular weight excluding hydrogens is 118 g/mol. The fraction of sp³-hybridized carbons (Fsp3) is 0.833. The van der Waals surface area contributed by atoms with E-state index in [1.54, 1.807) is 6.92 Å². The maximum absolute atomic E-state index is 10.2. The summed E-state index contributed by atoms with van der Waals surface area (Å²) in [5.41, 5.74) is 0. The quantitative estimate of drug-likeness (QED) is 0.443. The zero-order valence-electron chi connectivity index (χ0n) is 6.34. The zero-order chi connectivity index (χ0) is 7.65. The highest BCUT2D eigenvalue weighted by Gasteiger charge is 2.18. The van der Waals surface area contributed by atoms with Gasteiger partial charge in [-0.05, 0) is 6.92 Å². The molecule has 0 saturated heterocycles. The molecule has 0 unspecified atom stereocenters. The Morgan fingerprint density at radius 2 is 1.78 bits per heavy atom. The number of likely N-dealkylation sites (N-methyl/N-ethyl adjacent to an activating group) is 1. The highest BCUT2D eigenvalue weighted by atomic mass is 16.4. The summed E-state index contributed by atoms with van der Waals surface area (Å²) < 4.78 is 0.405. The van der Waals surface area contributed by atoms with Crippen LogP contribution in [0, 0.1) is 0 Å². The van der Waals surface area contributed by atoms with Crippen LogP contribution in [0.15, 0.2) is 0 Å². The van der Waals surface area contributed by atoms with Crippen molar-refractivity contribution in [1.29, 1.82) is 0 Å². The smallest absolute Gasteiger partial charge is 0.126 e. The van der Waals surface area contributed by atoms with Gasteiger partial charge in [0.15, 0.2) is 0 Å². The van der Waals surface area contributed by atoms with Crippen LogP contribution in [0.5, 0.6) is 0 Å². The van der Waals surface area contributed by atoms with Crippen molar-refractivity contribution in [2.24, 2.45) is 0 Å². The molecule has 54 valence electrons. The van der Waals surface area contributed by atoms with Crippen LogP contribution in [0.1, 0.15) is 6.92 Å². The van der Waals surface area contributed by atoms with Gasteiger partial charge in [0.05, 0.1) is 27.1 Å². The molecule has 0 heterocycles. The van der Waals surface area contributed by atoms with E-state index in [-0.39, 0.29) is 0 Å². The molecule has 0 radical (unpaired) electrons. The van der Waals surface area contributed by atoms with Crippen molar-refractivity contribution in [1.82, 2.24) is 0 Å². The van der Waals surface area contributed by atoms with Gasteiger partial charge in [0.25, 0.3) is 0 Å². The van der Waals surface area contributed by atoms with Crippen LogP contribution in [-0.4, -0.2) is 37.6 Å². The standard InChI is InChI=1S/C6H13NO2/c1-5(6(8)9)7(2,3)4/h5H,1-4H3/t5-/m1/s1. The molecule has 0 aliphatic carbocycles. The first-order chi connectivity index (χ1) is 3.85. The summed E-state index contributed by atoms with van der Waals surface area (Å²) >= 11 is 0. The number of nitrogens with zero attached hydrogens (tertiary/aromatic N) is 1. The number of carboxylic acid groups (broad SMARTS) is 1. The lowest BCUT2D eigenvalue weighted by Gasteiger charge is -2.31. The second-order valence-corrected chi connectivity index (χ2v) is 3.11. The molecule has 3 heteroatoms. The van der Waals surface area contributed by atoms with E-state index in [1.807, 2.05) is 21.1 Å². The van der Waals surface area contributed by atoms with E-state index in [0.717, 1.165) is 0 Å². The Morgan fingerprint density at radius 3 is 1.78 bits per heavy atom. The minimum Gasteiger partial charge on any atom is -0.544 e. The highest BCUT2D eigenvalue weighted by Crippen LogP contribution is 1.98. The Morgan fingerprint density at radius 1 is 1.44 bits per heavy atom. The van der Waals surface area contributed by atoms with Crippen molar-refractivity contribution in [3.8, 4) is 0 Å². The molecule has 9 heavy (non-hydrogen) atoms.